The van der Waals surface area contributed by atoms with Gasteiger partial charge in [0.1, 0.15) is 12.6 Å². The van der Waals surface area contributed by atoms with E-state index in [0.29, 0.717) is 5.69 Å². The molecule has 0 heterocycles. The summed E-state index contributed by atoms with van der Waals surface area (Å²) in [6.45, 7) is 11.2. The molecular formula is C31H39N3O4S. The lowest BCUT2D eigenvalue weighted by Crippen LogP contribution is -2.52. The van der Waals surface area contributed by atoms with Crippen LogP contribution in [0, 0.1) is 6.92 Å². The Bertz CT molecular complexity index is 1370. The van der Waals surface area contributed by atoms with Crippen molar-refractivity contribution in [2.24, 2.45) is 0 Å². The fourth-order valence-electron chi connectivity index (χ4n) is 4.27. The van der Waals surface area contributed by atoms with Crippen molar-refractivity contribution in [2.45, 2.75) is 71.0 Å². The van der Waals surface area contributed by atoms with Crippen LogP contribution >= 0.6 is 0 Å². The van der Waals surface area contributed by atoms with Gasteiger partial charge < -0.3 is 10.2 Å². The van der Waals surface area contributed by atoms with Crippen LogP contribution in [0.25, 0.3) is 0 Å². The summed E-state index contributed by atoms with van der Waals surface area (Å²) in [6.07, 6.45) is 0. The van der Waals surface area contributed by atoms with Gasteiger partial charge in [-0.3, -0.25) is 13.9 Å². The van der Waals surface area contributed by atoms with Crippen LogP contribution in [-0.2, 0) is 26.2 Å². The number of hydrogen-bond donors (Lipinski definition) is 1. The molecule has 0 bridgehead atoms. The standard InChI is InChI=1S/C31H39N3O4S/c1-22(2)27-15-17-28(18-16-27)34(39(37,38)29-13-8-7-9-14-29)21-30(35)33(25(6)31(36)32-23(3)4)20-26-12-10-11-24(5)19-26/h7-19,22-23,25H,20-21H2,1-6H3,(H,32,36). The second-order valence-corrected chi connectivity index (χ2v) is 12.3. The minimum atomic E-state index is -4.08. The number of benzene rings is 3. The molecule has 8 heteroatoms. The molecule has 39 heavy (non-hydrogen) atoms. The van der Waals surface area contributed by atoms with Crippen molar-refractivity contribution in [3.05, 3.63) is 95.6 Å². The maximum Gasteiger partial charge on any atom is 0.264 e. The van der Waals surface area contributed by atoms with Crippen molar-refractivity contribution in [1.82, 2.24) is 10.2 Å². The second-order valence-electron chi connectivity index (χ2n) is 10.4. The molecule has 7 nitrogen and oxygen atoms in total. The van der Waals surface area contributed by atoms with Crippen molar-refractivity contribution in [2.75, 3.05) is 10.8 Å². The molecule has 1 N–H and O–H groups in total. The molecule has 1 unspecified atom stereocenters. The zero-order chi connectivity index (χ0) is 28.7. The molecule has 0 fully saturated rings. The average molecular weight is 550 g/mol. The maximum absolute atomic E-state index is 13.9. The number of sulfonamides is 1. The van der Waals surface area contributed by atoms with Crippen LogP contribution in [-0.4, -0.2) is 43.8 Å². The van der Waals surface area contributed by atoms with Crippen molar-refractivity contribution in [1.29, 1.82) is 0 Å². The number of aryl methyl sites for hydroxylation is 1. The lowest BCUT2D eigenvalue weighted by molar-refractivity contribution is -0.139. The highest BCUT2D eigenvalue weighted by Crippen LogP contribution is 2.26. The van der Waals surface area contributed by atoms with E-state index in [4.69, 9.17) is 0 Å². The molecule has 0 aliphatic rings. The van der Waals surface area contributed by atoms with Crippen molar-refractivity contribution in [3.63, 3.8) is 0 Å². The molecule has 3 rings (SSSR count). The molecule has 208 valence electrons. The third-order valence-corrected chi connectivity index (χ3v) is 8.28. The van der Waals surface area contributed by atoms with Gasteiger partial charge in [-0.15, -0.1) is 0 Å². The van der Waals surface area contributed by atoms with E-state index in [9.17, 15) is 18.0 Å². The Morgan fingerprint density at radius 2 is 1.49 bits per heavy atom. The number of nitrogens with one attached hydrogen (secondary N) is 1. The van der Waals surface area contributed by atoms with Gasteiger partial charge in [0.05, 0.1) is 10.6 Å². The zero-order valence-electron chi connectivity index (χ0n) is 23.6. The molecule has 0 aromatic heterocycles. The number of rotatable bonds is 11. The summed E-state index contributed by atoms with van der Waals surface area (Å²) >= 11 is 0. The SMILES string of the molecule is Cc1cccc(CN(C(=O)CN(c2ccc(C(C)C)cc2)S(=O)(=O)c2ccccc2)C(C)C(=O)NC(C)C)c1. The Morgan fingerprint density at radius 1 is 0.846 bits per heavy atom. The van der Waals surface area contributed by atoms with Crippen LogP contribution in [0.15, 0.2) is 83.8 Å². The highest BCUT2D eigenvalue weighted by molar-refractivity contribution is 7.92. The minimum absolute atomic E-state index is 0.0848. The normalized spacial score (nSPS) is 12.3. The summed E-state index contributed by atoms with van der Waals surface area (Å²) in [7, 11) is -4.08. The largest absolute Gasteiger partial charge is 0.352 e. The molecule has 0 aliphatic carbocycles. The molecule has 3 aromatic rings. The van der Waals surface area contributed by atoms with Gasteiger partial charge in [-0.25, -0.2) is 8.42 Å². The van der Waals surface area contributed by atoms with Gasteiger partial charge >= 0.3 is 0 Å². The Hall–Kier alpha value is -3.65. The van der Waals surface area contributed by atoms with Gasteiger partial charge in [0.15, 0.2) is 0 Å². The third kappa shape index (κ3) is 7.69. The number of anilines is 1. The van der Waals surface area contributed by atoms with Crippen LogP contribution in [0.5, 0.6) is 0 Å². The summed E-state index contributed by atoms with van der Waals surface area (Å²) in [5.41, 5.74) is 3.32. The second kappa shape index (κ2) is 12.9. The molecule has 3 aromatic carbocycles. The molecular weight excluding hydrogens is 510 g/mol. The number of nitrogens with zero attached hydrogens (tertiary/aromatic N) is 2. The van der Waals surface area contributed by atoms with Gasteiger partial charge in [-0.05, 0) is 69.0 Å². The zero-order valence-corrected chi connectivity index (χ0v) is 24.4. The first-order valence-corrected chi connectivity index (χ1v) is 14.7. The lowest BCUT2D eigenvalue weighted by atomic mass is 10.0. The van der Waals surface area contributed by atoms with E-state index >= 15 is 0 Å². The van der Waals surface area contributed by atoms with Crippen LogP contribution in [0.1, 0.15) is 57.2 Å². The number of carbonyl (C=O) groups excluding carboxylic acids is 2. The highest BCUT2D eigenvalue weighted by Gasteiger charge is 2.32. The Labute approximate surface area is 232 Å². The molecule has 0 radical (unpaired) electrons. The van der Waals surface area contributed by atoms with Gasteiger partial charge in [-0.1, -0.05) is 74.0 Å². The maximum atomic E-state index is 13.9. The van der Waals surface area contributed by atoms with Crippen molar-refractivity contribution in [3.8, 4) is 0 Å². The van der Waals surface area contributed by atoms with E-state index in [1.807, 2.05) is 57.2 Å². The van der Waals surface area contributed by atoms with Crippen LogP contribution < -0.4 is 9.62 Å². The van der Waals surface area contributed by atoms with E-state index in [1.165, 1.54) is 17.0 Å². The minimum Gasteiger partial charge on any atom is -0.352 e. The van der Waals surface area contributed by atoms with E-state index in [-0.39, 0.29) is 29.3 Å². The van der Waals surface area contributed by atoms with Gasteiger partial charge in [0.25, 0.3) is 10.0 Å². The van der Waals surface area contributed by atoms with Gasteiger partial charge in [-0.2, -0.15) is 0 Å². The monoisotopic (exact) mass is 549 g/mol. The molecule has 0 aliphatic heterocycles. The first kappa shape index (κ1) is 29.9. The van der Waals surface area contributed by atoms with Crippen LogP contribution in [0.2, 0.25) is 0 Å². The fourth-order valence-corrected chi connectivity index (χ4v) is 5.70. The number of hydrogen-bond acceptors (Lipinski definition) is 4. The Morgan fingerprint density at radius 3 is 2.05 bits per heavy atom. The molecule has 0 spiro atoms. The summed E-state index contributed by atoms with van der Waals surface area (Å²) in [6, 6.07) is 22.0. The van der Waals surface area contributed by atoms with Gasteiger partial charge in [0.2, 0.25) is 11.8 Å². The third-order valence-electron chi connectivity index (χ3n) is 6.49. The van der Waals surface area contributed by atoms with E-state index in [2.05, 4.69) is 19.2 Å². The van der Waals surface area contributed by atoms with Crippen LogP contribution in [0.4, 0.5) is 5.69 Å². The predicted molar refractivity (Wildman–Crippen MR) is 156 cm³/mol. The molecule has 1 atom stereocenters. The quantitative estimate of drug-likeness (QED) is 0.354. The average Bonchev–Trinajstić information content (AvgIpc) is 2.90. The first-order valence-electron chi connectivity index (χ1n) is 13.2. The van der Waals surface area contributed by atoms with Crippen molar-refractivity contribution >= 4 is 27.5 Å². The van der Waals surface area contributed by atoms with E-state index in [0.717, 1.165) is 21.0 Å². The topological polar surface area (TPSA) is 86.8 Å². The predicted octanol–water partition coefficient (Wildman–Crippen LogP) is 5.26. The smallest absolute Gasteiger partial charge is 0.264 e. The Kier molecular flexibility index (Phi) is 9.92. The molecule has 2 amide bonds. The van der Waals surface area contributed by atoms with E-state index in [1.54, 1.807) is 37.3 Å². The van der Waals surface area contributed by atoms with E-state index < -0.39 is 28.5 Å². The fraction of sp³-hybridized carbons (Fsp3) is 0.355. The summed E-state index contributed by atoms with van der Waals surface area (Å²) in [5.74, 6) is -0.509. The van der Waals surface area contributed by atoms with Crippen molar-refractivity contribution < 1.29 is 18.0 Å². The highest BCUT2D eigenvalue weighted by atomic mass is 32.2. The number of amides is 2. The summed E-state index contributed by atoms with van der Waals surface area (Å²) < 4.78 is 28.8. The number of carbonyl (C=O) groups is 2. The summed E-state index contributed by atoms with van der Waals surface area (Å²) in [4.78, 5) is 28.5. The van der Waals surface area contributed by atoms with Crippen LogP contribution in [0.3, 0.4) is 0 Å². The Balaban J connectivity index is 2.03. The first-order chi connectivity index (χ1) is 18.4. The lowest BCUT2D eigenvalue weighted by Gasteiger charge is -2.32. The molecule has 0 saturated heterocycles. The van der Waals surface area contributed by atoms with Gasteiger partial charge in [0, 0.05) is 12.6 Å². The summed E-state index contributed by atoms with van der Waals surface area (Å²) in [5, 5.41) is 2.87. The molecule has 0 saturated carbocycles.